The number of nitrogens with zero attached hydrogens (tertiary/aromatic N) is 2. The molecule has 0 aromatic heterocycles. The molecular weight excluding hydrogens is 476 g/mol. The van der Waals surface area contributed by atoms with E-state index in [0.717, 1.165) is 0 Å². The Morgan fingerprint density at radius 3 is 2.23 bits per heavy atom. The van der Waals surface area contributed by atoms with Gasteiger partial charge < -0.3 is 34.2 Å². The lowest BCUT2D eigenvalue weighted by molar-refractivity contribution is -0.139. The van der Waals surface area contributed by atoms with E-state index >= 15 is 0 Å². The van der Waals surface area contributed by atoms with E-state index in [1.165, 1.54) is 44.4 Å². The zero-order valence-corrected chi connectivity index (χ0v) is 21.0. The van der Waals surface area contributed by atoms with E-state index in [1.807, 2.05) is 19.0 Å². The minimum absolute atomic E-state index is 0.0544. The van der Waals surface area contributed by atoms with Crippen LogP contribution in [0.5, 0.6) is 23.0 Å². The number of carbonyl (C=O) groups is 2. The van der Waals surface area contributed by atoms with Gasteiger partial charge >= 0.3 is 0 Å². The lowest BCUT2D eigenvalue weighted by Gasteiger charge is -2.27. The quantitative estimate of drug-likeness (QED) is 0.304. The van der Waals surface area contributed by atoms with Crippen LogP contribution in [-0.4, -0.2) is 80.2 Å². The smallest absolute Gasteiger partial charge is 0.295 e. The molecule has 0 spiro atoms. The number of hydrogen-bond donors (Lipinski definition) is 2. The van der Waals surface area contributed by atoms with Crippen LogP contribution in [0.4, 0.5) is 0 Å². The largest absolute Gasteiger partial charge is 0.507 e. The Morgan fingerprint density at radius 2 is 1.69 bits per heavy atom. The van der Waals surface area contributed by atoms with E-state index in [9.17, 15) is 19.8 Å². The average molecular weight is 505 g/mol. The molecule has 0 bridgehead atoms. The second-order valence-corrected chi connectivity index (χ2v) is 8.71. The number of amides is 1. The third-order valence-electron chi connectivity index (χ3n) is 5.76. The number of aliphatic hydroxyl groups excluding tert-OH is 1. The van der Waals surface area contributed by atoms with Gasteiger partial charge in [0.25, 0.3) is 11.7 Å². The van der Waals surface area contributed by atoms with Crippen molar-refractivity contribution < 1.29 is 34.0 Å². The van der Waals surface area contributed by atoms with Gasteiger partial charge in [-0.1, -0.05) is 11.6 Å². The van der Waals surface area contributed by atoms with E-state index < -0.39 is 23.5 Å². The van der Waals surface area contributed by atoms with Crippen molar-refractivity contribution in [2.45, 2.75) is 12.5 Å². The van der Waals surface area contributed by atoms with E-state index in [0.29, 0.717) is 35.8 Å². The molecule has 9 nitrogen and oxygen atoms in total. The van der Waals surface area contributed by atoms with E-state index in [1.54, 1.807) is 12.1 Å². The number of hydrogen-bond acceptors (Lipinski definition) is 8. The highest BCUT2D eigenvalue weighted by Crippen LogP contribution is 2.46. The second kappa shape index (κ2) is 10.9. The number of ether oxygens (including phenoxy) is 3. The number of likely N-dealkylation sites (tertiary alicyclic amines) is 1. The predicted molar refractivity (Wildman–Crippen MR) is 131 cm³/mol. The maximum atomic E-state index is 13.2. The van der Waals surface area contributed by atoms with Crippen molar-refractivity contribution in [2.75, 3.05) is 48.5 Å². The maximum Gasteiger partial charge on any atom is 0.295 e. The summed E-state index contributed by atoms with van der Waals surface area (Å²) in [5.41, 5.74) is 0.236. The molecule has 1 heterocycles. The minimum atomic E-state index is -0.968. The topological polar surface area (TPSA) is 109 Å². The van der Waals surface area contributed by atoms with Crippen LogP contribution in [0.25, 0.3) is 5.76 Å². The molecule has 2 aromatic carbocycles. The van der Waals surface area contributed by atoms with Gasteiger partial charge in [-0.25, -0.2) is 0 Å². The zero-order chi connectivity index (χ0) is 25.9. The summed E-state index contributed by atoms with van der Waals surface area (Å²) in [4.78, 5) is 29.7. The highest BCUT2D eigenvalue weighted by atomic mass is 35.5. The van der Waals surface area contributed by atoms with Gasteiger partial charge in [0.15, 0.2) is 11.5 Å². The Balaban J connectivity index is 2.26. The van der Waals surface area contributed by atoms with Crippen molar-refractivity contribution in [3.8, 4) is 23.0 Å². The monoisotopic (exact) mass is 504 g/mol. The Hall–Kier alpha value is -3.43. The van der Waals surface area contributed by atoms with Crippen LogP contribution >= 0.6 is 11.6 Å². The second-order valence-electron chi connectivity index (χ2n) is 8.27. The van der Waals surface area contributed by atoms with Crippen LogP contribution in [0.15, 0.2) is 35.9 Å². The molecule has 1 saturated heterocycles. The fraction of sp³-hybridized carbons (Fsp3) is 0.360. The first-order valence-electron chi connectivity index (χ1n) is 10.9. The lowest BCUT2D eigenvalue weighted by atomic mass is 9.94. The SMILES string of the molecule is COc1cc([C@H]2C(=C(O)c3cc(Cl)ccc3O)C(=O)C(=O)N2CCCN(C)C)cc(OC)c1OC. The van der Waals surface area contributed by atoms with Gasteiger partial charge in [-0.3, -0.25) is 9.59 Å². The van der Waals surface area contributed by atoms with Gasteiger partial charge in [-0.15, -0.1) is 0 Å². The molecule has 35 heavy (non-hydrogen) atoms. The van der Waals surface area contributed by atoms with Crippen LogP contribution in [0, 0.1) is 0 Å². The number of methoxy groups -OCH3 is 3. The van der Waals surface area contributed by atoms with Crippen molar-refractivity contribution in [2.24, 2.45) is 0 Å². The summed E-state index contributed by atoms with van der Waals surface area (Å²) in [6.07, 6.45) is 0.587. The molecule has 0 saturated carbocycles. The van der Waals surface area contributed by atoms with Crippen LogP contribution in [-0.2, 0) is 9.59 Å². The molecule has 1 atom stereocenters. The fourth-order valence-electron chi connectivity index (χ4n) is 4.12. The average Bonchev–Trinajstić information content (AvgIpc) is 3.08. The van der Waals surface area contributed by atoms with Gasteiger partial charge in [-0.2, -0.15) is 0 Å². The number of Topliss-reactive ketones (excluding diaryl/α,β-unsaturated/α-hetero) is 1. The summed E-state index contributed by atoms with van der Waals surface area (Å²) in [5.74, 6) is -1.45. The molecular formula is C25H29ClN2O7. The van der Waals surface area contributed by atoms with Crippen molar-refractivity contribution in [3.05, 3.63) is 52.1 Å². The molecule has 2 N–H and O–H groups in total. The van der Waals surface area contributed by atoms with Crippen LogP contribution < -0.4 is 14.2 Å². The molecule has 0 unspecified atom stereocenters. The molecule has 1 aliphatic heterocycles. The minimum Gasteiger partial charge on any atom is -0.507 e. The summed E-state index contributed by atoms with van der Waals surface area (Å²) < 4.78 is 16.3. The van der Waals surface area contributed by atoms with E-state index in [-0.39, 0.29) is 28.5 Å². The summed E-state index contributed by atoms with van der Waals surface area (Å²) in [5, 5.41) is 21.8. The number of phenols is 1. The zero-order valence-electron chi connectivity index (χ0n) is 20.3. The summed E-state index contributed by atoms with van der Waals surface area (Å²) >= 11 is 6.07. The number of aromatic hydroxyl groups is 1. The first kappa shape index (κ1) is 26.2. The highest BCUT2D eigenvalue weighted by molar-refractivity contribution is 6.46. The van der Waals surface area contributed by atoms with Gasteiger partial charge in [0.1, 0.15) is 11.5 Å². The number of carbonyl (C=O) groups excluding carboxylic acids is 2. The maximum absolute atomic E-state index is 13.2. The number of rotatable bonds is 9. The molecule has 1 amide bonds. The van der Waals surface area contributed by atoms with Crippen molar-refractivity contribution in [1.82, 2.24) is 9.80 Å². The number of benzene rings is 2. The summed E-state index contributed by atoms with van der Waals surface area (Å²) in [6, 6.07) is 6.37. The normalized spacial score (nSPS) is 17.2. The van der Waals surface area contributed by atoms with Gasteiger partial charge in [0, 0.05) is 11.6 Å². The third kappa shape index (κ3) is 5.16. The summed E-state index contributed by atoms with van der Waals surface area (Å²) in [7, 11) is 8.20. The van der Waals surface area contributed by atoms with Crippen molar-refractivity contribution >= 4 is 29.1 Å². The Kier molecular flexibility index (Phi) is 8.14. The van der Waals surface area contributed by atoms with E-state index in [4.69, 9.17) is 25.8 Å². The van der Waals surface area contributed by atoms with Crippen LogP contribution in [0.1, 0.15) is 23.6 Å². The molecule has 188 valence electrons. The third-order valence-corrected chi connectivity index (χ3v) is 6.00. The molecule has 3 rings (SSSR count). The Bertz CT molecular complexity index is 1140. The molecule has 1 fully saturated rings. The number of phenolic OH excluding ortho intramolecular Hbond substituents is 1. The fourth-order valence-corrected chi connectivity index (χ4v) is 4.29. The number of ketones is 1. The van der Waals surface area contributed by atoms with Gasteiger partial charge in [-0.05, 0) is 63.0 Å². The Morgan fingerprint density at radius 1 is 1.06 bits per heavy atom. The lowest BCUT2D eigenvalue weighted by Crippen LogP contribution is -2.32. The van der Waals surface area contributed by atoms with E-state index in [2.05, 4.69) is 0 Å². The summed E-state index contributed by atoms with van der Waals surface area (Å²) in [6.45, 7) is 0.933. The number of halogens is 1. The Labute approximate surface area is 209 Å². The standard InChI is InChI=1S/C25H29ClN2O7/c1-27(2)9-6-10-28-21(14-11-18(33-3)24(35-5)19(12-14)34-4)20(23(31)25(28)32)22(30)16-13-15(26)7-8-17(16)29/h7-8,11-13,21,29-30H,6,9-10H2,1-5H3/t21-/m0/s1. The van der Waals surface area contributed by atoms with Crippen molar-refractivity contribution in [3.63, 3.8) is 0 Å². The van der Waals surface area contributed by atoms with Crippen LogP contribution in [0.2, 0.25) is 5.02 Å². The molecule has 10 heteroatoms. The predicted octanol–water partition coefficient (Wildman–Crippen LogP) is 3.44. The van der Waals surface area contributed by atoms with Crippen molar-refractivity contribution in [1.29, 1.82) is 0 Å². The first-order valence-corrected chi connectivity index (χ1v) is 11.2. The van der Waals surface area contributed by atoms with Gasteiger partial charge in [0.05, 0.1) is 38.5 Å². The first-order chi connectivity index (χ1) is 16.6. The van der Waals surface area contributed by atoms with Crippen LogP contribution in [0.3, 0.4) is 0 Å². The number of aliphatic hydroxyl groups is 1. The molecule has 0 radical (unpaired) electrons. The molecule has 2 aromatic rings. The molecule has 0 aliphatic carbocycles. The van der Waals surface area contributed by atoms with Gasteiger partial charge in [0.2, 0.25) is 5.75 Å². The molecule has 1 aliphatic rings. The highest BCUT2D eigenvalue weighted by Gasteiger charge is 2.46.